The van der Waals surface area contributed by atoms with Crippen LogP contribution in [0.1, 0.15) is 85.1 Å². The van der Waals surface area contributed by atoms with Gasteiger partial charge in [-0.25, -0.2) is 4.39 Å². The fraction of sp³-hybridized carbons (Fsp3) is 0.594. The summed E-state index contributed by atoms with van der Waals surface area (Å²) in [5.74, 6) is 0.360. The number of carbonyl (C=O) groups excluding carboxylic acids is 2. The molecule has 2 amide bonds. The largest absolute Gasteiger partial charge is 0.354 e. The van der Waals surface area contributed by atoms with Crippen molar-refractivity contribution >= 4 is 29.1 Å². The summed E-state index contributed by atoms with van der Waals surface area (Å²) in [6.07, 6.45) is 8.60. The second kappa shape index (κ2) is 13.9. The first-order chi connectivity index (χ1) is 18.9. The summed E-state index contributed by atoms with van der Waals surface area (Å²) in [7, 11) is 0. The Hall–Kier alpha value is -2.51. The van der Waals surface area contributed by atoms with Crippen molar-refractivity contribution in [3.05, 3.63) is 59.1 Å². The SMILES string of the molecule is CCCC(CC)(C(=O)NCC(N)C1CC(CC(C)C)CC(C)(C(=O)Nc2ccncc2)C1)c1ccc(F)cc1Cl. The molecule has 1 fully saturated rings. The minimum atomic E-state index is -0.870. The number of benzene rings is 1. The van der Waals surface area contributed by atoms with Crippen LogP contribution in [0.3, 0.4) is 0 Å². The second-order valence-electron chi connectivity index (χ2n) is 12.3. The Morgan fingerprint density at radius 1 is 1.20 bits per heavy atom. The number of pyridine rings is 1. The van der Waals surface area contributed by atoms with Gasteiger partial charge in [-0.15, -0.1) is 0 Å². The van der Waals surface area contributed by atoms with Crippen LogP contribution in [0, 0.1) is 29.0 Å². The van der Waals surface area contributed by atoms with Crippen LogP contribution in [-0.2, 0) is 15.0 Å². The standard InChI is InChI=1S/C32H46ClFN4O2/c1-6-12-32(7-2,26-9-8-24(34)17-27(26)33)30(40)37-20-28(35)23-16-22(15-21(3)4)18-31(5,19-23)29(39)38-25-10-13-36-14-11-25/h8-11,13-14,17,21-23,28H,6-7,12,15-16,18-20,35H2,1-5H3,(H,37,40)(H,36,38,39). The maximum atomic E-state index is 13.8. The fourth-order valence-electron chi connectivity index (χ4n) is 6.72. The van der Waals surface area contributed by atoms with E-state index >= 15 is 0 Å². The lowest BCUT2D eigenvalue weighted by atomic mass is 9.63. The lowest BCUT2D eigenvalue weighted by molar-refractivity contribution is -0.130. The molecule has 4 N–H and O–H groups in total. The molecule has 1 aliphatic rings. The number of halogens is 2. The zero-order chi connectivity index (χ0) is 29.5. The average Bonchev–Trinajstić information content (AvgIpc) is 2.90. The molecule has 5 unspecified atom stereocenters. The van der Waals surface area contributed by atoms with E-state index in [0.29, 0.717) is 43.2 Å². The van der Waals surface area contributed by atoms with Crippen molar-refractivity contribution < 1.29 is 14.0 Å². The average molecular weight is 573 g/mol. The molecule has 5 atom stereocenters. The van der Waals surface area contributed by atoms with Crippen LogP contribution < -0.4 is 16.4 Å². The number of aromatic nitrogens is 1. The number of nitrogens with two attached hydrogens (primary N) is 1. The number of carbonyl (C=O) groups is 2. The van der Waals surface area contributed by atoms with Crippen molar-refractivity contribution in [2.45, 2.75) is 91.0 Å². The molecule has 2 aromatic rings. The molecule has 0 spiro atoms. The molecule has 6 nitrogen and oxygen atoms in total. The Balaban J connectivity index is 1.77. The van der Waals surface area contributed by atoms with Gasteiger partial charge in [-0.2, -0.15) is 0 Å². The molecule has 1 aliphatic carbocycles. The highest BCUT2D eigenvalue weighted by Gasteiger charge is 2.45. The summed E-state index contributed by atoms with van der Waals surface area (Å²) in [5, 5.41) is 6.46. The van der Waals surface area contributed by atoms with Gasteiger partial charge < -0.3 is 16.4 Å². The molecule has 0 bridgehead atoms. The van der Waals surface area contributed by atoms with Crippen LogP contribution in [0.25, 0.3) is 0 Å². The van der Waals surface area contributed by atoms with E-state index in [1.807, 2.05) is 20.8 Å². The maximum absolute atomic E-state index is 13.8. The van der Waals surface area contributed by atoms with Crippen LogP contribution in [0.4, 0.5) is 10.1 Å². The van der Waals surface area contributed by atoms with E-state index in [2.05, 4.69) is 29.5 Å². The molecular weight excluding hydrogens is 527 g/mol. The molecule has 0 aliphatic heterocycles. The van der Waals surface area contributed by atoms with Gasteiger partial charge in [0, 0.05) is 41.1 Å². The summed E-state index contributed by atoms with van der Waals surface area (Å²) in [6.45, 7) is 10.7. The van der Waals surface area contributed by atoms with E-state index in [9.17, 15) is 14.0 Å². The third kappa shape index (κ3) is 7.61. The summed E-state index contributed by atoms with van der Waals surface area (Å²) < 4.78 is 13.8. The monoisotopic (exact) mass is 572 g/mol. The molecule has 1 heterocycles. The molecule has 220 valence electrons. The minimum absolute atomic E-state index is 0.00714. The molecule has 3 rings (SSSR count). The molecule has 40 heavy (non-hydrogen) atoms. The fourth-order valence-corrected chi connectivity index (χ4v) is 7.07. The topological polar surface area (TPSA) is 97.1 Å². The van der Waals surface area contributed by atoms with Crippen molar-refractivity contribution in [2.24, 2.45) is 28.9 Å². The molecule has 0 saturated heterocycles. The Bertz CT molecular complexity index is 1150. The van der Waals surface area contributed by atoms with Gasteiger partial charge in [0.15, 0.2) is 0 Å². The molecule has 0 radical (unpaired) electrons. The van der Waals surface area contributed by atoms with Crippen molar-refractivity contribution in [3.63, 3.8) is 0 Å². The van der Waals surface area contributed by atoms with E-state index in [0.717, 1.165) is 31.4 Å². The predicted octanol–water partition coefficient (Wildman–Crippen LogP) is 6.87. The first kappa shape index (κ1) is 32.0. The molecule has 1 saturated carbocycles. The minimum Gasteiger partial charge on any atom is -0.354 e. The van der Waals surface area contributed by atoms with E-state index in [-0.39, 0.29) is 28.8 Å². The van der Waals surface area contributed by atoms with E-state index in [1.54, 1.807) is 30.6 Å². The number of amides is 2. The van der Waals surface area contributed by atoms with Gasteiger partial charge in [-0.05, 0) is 86.1 Å². The molecule has 1 aromatic carbocycles. The normalized spacial score (nSPS) is 23.3. The van der Waals surface area contributed by atoms with Crippen molar-refractivity contribution in [1.82, 2.24) is 10.3 Å². The van der Waals surface area contributed by atoms with Gasteiger partial charge in [0.1, 0.15) is 5.82 Å². The van der Waals surface area contributed by atoms with Crippen LogP contribution in [0.5, 0.6) is 0 Å². The van der Waals surface area contributed by atoms with Crippen LogP contribution in [0.2, 0.25) is 5.02 Å². The first-order valence-corrected chi connectivity index (χ1v) is 15.0. The molecule has 1 aromatic heterocycles. The number of nitrogens with zero attached hydrogens (tertiary/aromatic N) is 1. The number of hydrogen-bond acceptors (Lipinski definition) is 4. The van der Waals surface area contributed by atoms with Crippen molar-refractivity contribution in [2.75, 3.05) is 11.9 Å². The summed E-state index contributed by atoms with van der Waals surface area (Å²) >= 11 is 6.45. The Morgan fingerprint density at radius 3 is 2.50 bits per heavy atom. The van der Waals surface area contributed by atoms with E-state index in [1.165, 1.54) is 12.1 Å². The van der Waals surface area contributed by atoms with Crippen molar-refractivity contribution in [1.29, 1.82) is 0 Å². The van der Waals surface area contributed by atoms with Gasteiger partial charge in [0.05, 0.1) is 5.41 Å². The highest BCUT2D eigenvalue weighted by atomic mass is 35.5. The number of rotatable bonds is 12. The van der Waals surface area contributed by atoms with Gasteiger partial charge in [-0.3, -0.25) is 14.6 Å². The molecular formula is C32H46ClFN4O2. The highest BCUT2D eigenvalue weighted by molar-refractivity contribution is 6.31. The number of nitrogens with one attached hydrogen (secondary N) is 2. The van der Waals surface area contributed by atoms with E-state index < -0.39 is 16.6 Å². The third-order valence-electron chi connectivity index (χ3n) is 8.64. The van der Waals surface area contributed by atoms with E-state index in [4.69, 9.17) is 17.3 Å². The summed E-state index contributed by atoms with van der Waals surface area (Å²) in [4.78, 5) is 31.3. The Kier molecular flexibility index (Phi) is 11.1. The van der Waals surface area contributed by atoms with Crippen molar-refractivity contribution in [3.8, 4) is 0 Å². The van der Waals surface area contributed by atoms with Gasteiger partial charge in [0.2, 0.25) is 11.8 Å². The lowest BCUT2D eigenvalue weighted by Gasteiger charge is -2.44. The zero-order valence-electron chi connectivity index (χ0n) is 24.6. The smallest absolute Gasteiger partial charge is 0.230 e. The van der Waals surface area contributed by atoms with Gasteiger partial charge in [-0.1, -0.05) is 58.7 Å². The molecule has 8 heteroatoms. The third-order valence-corrected chi connectivity index (χ3v) is 8.96. The van der Waals surface area contributed by atoms with Gasteiger partial charge in [0.25, 0.3) is 0 Å². The van der Waals surface area contributed by atoms with Crippen LogP contribution in [0.15, 0.2) is 42.7 Å². The highest BCUT2D eigenvalue weighted by Crippen LogP contribution is 2.46. The van der Waals surface area contributed by atoms with Crippen LogP contribution in [-0.4, -0.2) is 29.4 Å². The summed E-state index contributed by atoms with van der Waals surface area (Å²) in [6, 6.07) is 7.52. The predicted molar refractivity (Wildman–Crippen MR) is 161 cm³/mol. The maximum Gasteiger partial charge on any atom is 0.230 e. The van der Waals surface area contributed by atoms with Gasteiger partial charge >= 0.3 is 0 Å². The summed E-state index contributed by atoms with van der Waals surface area (Å²) in [5.41, 5.74) is 6.70. The zero-order valence-corrected chi connectivity index (χ0v) is 25.4. The Morgan fingerprint density at radius 2 is 1.90 bits per heavy atom. The second-order valence-corrected chi connectivity index (χ2v) is 12.7. The quantitative estimate of drug-likeness (QED) is 0.258. The number of anilines is 1. The lowest BCUT2D eigenvalue weighted by Crippen LogP contribution is -2.52. The first-order valence-electron chi connectivity index (χ1n) is 14.6. The Labute approximate surface area is 244 Å². The van der Waals surface area contributed by atoms with Crippen LogP contribution >= 0.6 is 11.6 Å². The number of hydrogen-bond donors (Lipinski definition) is 3.